The Labute approximate surface area is 110 Å². The molecule has 0 aliphatic heterocycles. The number of sulfonamides is 1. The van der Waals surface area contributed by atoms with Crippen LogP contribution in [0.1, 0.15) is 11.4 Å². The van der Waals surface area contributed by atoms with E-state index in [1.54, 1.807) is 0 Å². The van der Waals surface area contributed by atoms with Gasteiger partial charge in [0.2, 0.25) is 10.0 Å². The first kappa shape index (κ1) is 13.2. The second-order valence-corrected chi connectivity index (χ2v) is 5.87. The molecule has 0 saturated heterocycles. The van der Waals surface area contributed by atoms with Crippen molar-refractivity contribution in [3.05, 3.63) is 42.0 Å². The highest BCUT2D eigenvalue weighted by Crippen LogP contribution is 2.16. The van der Waals surface area contributed by atoms with Gasteiger partial charge in [-0.2, -0.15) is 14.7 Å². The number of hydrogen-bond acceptors (Lipinski definition) is 5. The maximum atomic E-state index is 12.2. The minimum atomic E-state index is -3.60. The van der Waals surface area contributed by atoms with Gasteiger partial charge in [-0.3, -0.25) is 5.10 Å². The van der Waals surface area contributed by atoms with Gasteiger partial charge in [-0.05, 0) is 24.3 Å². The van der Waals surface area contributed by atoms with Crippen LogP contribution in [-0.4, -0.2) is 35.0 Å². The van der Waals surface area contributed by atoms with Crippen molar-refractivity contribution >= 4 is 10.0 Å². The molecule has 0 fully saturated rings. The smallest absolute Gasteiger partial charge is 0.243 e. The molecule has 8 heteroatoms. The Bertz CT molecular complexity index is 686. The lowest BCUT2D eigenvalue weighted by Gasteiger charge is -2.15. The van der Waals surface area contributed by atoms with Gasteiger partial charge in [0.25, 0.3) is 0 Å². The molecule has 1 aromatic carbocycles. The number of aromatic amines is 1. The molecule has 0 atom stereocenters. The lowest BCUT2D eigenvalue weighted by atomic mass is 10.2. The maximum Gasteiger partial charge on any atom is 0.243 e. The highest BCUT2D eigenvalue weighted by Gasteiger charge is 2.21. The number of benzene rings is 1. The van der Waals surface area contributed by atoms with E-state index in [-0.39, 0.29) is 11.4 Å². The van der Waals surface area contributed by atoms with E-state index in [1.807, 2.05) is 6.07 Å². The van der Waals surface area contributed by atoms with Gasteiger partial charge < -0.3 is 0 Å². The second kappa shape index (κ2) is 5.17. The van der Waals surface area contributed by atoms with E-state index in [9.17, 15) is 8.42 Å². The highest BCUT2D eigenvalue weighted by atomic mass is 32.2. The van der Waals surface area contributed by atoms with E-state index in [2.05, 4.69) is 15.2 Å². The fraction of sp³-hybridized carbons (Fsp3) is 0.182. The van der Waals surface area contributed by atoms with Crippen LogP contribution in [0.3, 0.4) is 0 Å². The summed E-state index contributed by atoms with van der Waals surface area (Å²) < 4.78 is 25.6. The van der Waals surface area contributed by atoms with Crippen LogP contribution >= 0.6 is 0 Å². The van der Waals surface area contributed by atoms with Crippen molar-refractivity contribution in [1.29, 1.82) is 5.26 Å². The van der Waals surface area contributed by atoms with Crippen molar-refractivity contribution in [2.24, 2.45) is 0 Å². The number of H-pyrrole nitrogens is 1. The van der Waals surface area contributed by atoms with Crippen molar-refractivity contribution in [3.8, 4) is 6.07 Å². The molecule has 0 saturated carbocycles. The quantitative estimate of drug-likeness (QED) is 0.876. The first-order valence-corrected chi connectivity index (χ1v) is 6.79. The van der Waals surface area contributed by atoms with Gasteiger partial charge in [-0.15, -0.1) is 0 Å². The fourth-order valence-corrected chi connectivity index (χ4v) is 2.62. The van der Waals surface area contributed by atoms with Crippen molar-refractivity contribution in [3.63, 3.8) is 0 Å². The van der Waals surface area contributed by atoms with Crippen LogP contribution in [0.4, 0.5) is 0 Å². The molecule has 0 unspecified atom stereocenters. The largest absolute Gasteiger partial charge is 0.262 e. The van der Waals surface area contributed by atoms with Gasteiger partial charge in [0.15, 0.2) is 0 Å². The molecule has 0 radical (unpaired) electrons. The molecule has 0 aliphatic rings. The van der Waals surface area contributed by atoms with Gasteiger partial charge in [0.1, 0.15) is 12.2 Å². The zero-order valence-corrected chi connectivity index (χ0v) is 10.9. The Morgan fingerprint density at radius 3 is 2.58 bits per heavy atom. The first-order valence-electron chi connectivity index (χ1n) is 5.35. The van der Waals surface area contributed by atoms with Crippen LogP contribution in [0.15, 0.2) is 35.5 Å². The summed E-state index contributed by atoms with van der Waals surface area (Å²) in [5.41, 5.74) is 0.414. The van der Waals surface area contributed by atoms with Crippen molar-refractivity contribution in [2.75, 3.05) is 7.05 Å². The Hall–Kier alpha value is -2.24. The molecule has 19 heavy (non-hydrogen) atoms. The average Bonchev–Trinajstić information content (AvgIpc) is 2.91. The molecule has 7 nitrogen and oxygen atoms in total. The molecule has 0 aliphatic carbocycles. The van der Waals surface area contributed by atoms with Gasteiger partial charge in [-0.25, -0.2) is 13.4 Å². The summed E-state index contributed by atoms with van der Waals surface area (Å²) >= 11 is 0. The Morgan fingerprint density at radius 1 is 1.37 bits per heavy atom. The van der Waals surface area contributed by atoms with E-state index in [4.69, 9.17) is 5.26 Å². The van der Waals surface area contributed by atoms with E-state index < -0.39 is 10.0 Å². The van der Waals surface area contributed by atoms with Crippen LogP contribution in [0, 0.1) is 11.3 Å². The normalized spacial score (nSPS) is 11.4. The lowest BCUT2D eigenvalue weighted by Crippen LogP contribution is -2.27. The number of aromatic nitrogens is 3. The summed E-state index contributed by atoms with van der Waals surface area (Å²) in [5, 5.41) is 14.9. The third kappa shape index (κ3) is 2.78. The maximum absolute atomic E-state index is 12.2. The molecule has 98 valence electrons. The monoisotopic (exact) mass is 277 g/mol. The lowest BCUT2D eigenvalue weighted by molar-refractivity contribution is 0.457. The topological polar surface area (TPSA) is 103 Å². The number of nitriles is 1. The number of nitrogens with one attached hydrogen (secondary N) is 1. The minimum absolute atomic E-state index is 0.0995. The van der Waals surface area contributed by atoms with Crippen LogP contribution in [-0.2, 0) is 16.6 Å². The molecule has 0 bridgehead atoms. The number of hydrogen-bond donors (Lipinski definition) is 1. The molecular formula is C11H11N5O2S. The molecular weight excluding hydrogens is 266 g/mol. The zero-order chi connectivity index (χ0) is 13.9. The Morgan fingerprint density at radius 2 is 2.05 bits per heavy atom. The molecule has 0 amide bonds. The minimum Gasteiger partial charge on any atom is -0.262 e. The predicted molar refractivity (Wildman–Crippen MR) is 66.2 cm³/mol. The van der Waals surface area contributed by atoms with Gasteiger partial charge in [0.05, 0.1) is 23.1 Å². The van der Waals surface area contributed by atoms with Crippen LogP contribution in [0.5, 0.6) is 0 Å². The predicted octanol–water partition coefficient (Wildman–Crippen LogP) is 0.497. The zero-order valence-electron chi connectivity index (χ0n) is 10.1. The number of nitrogens with zero attached hydrogens (tertiary/aromatic N) is 4. The highest BCUT2D eigenvalue weighted by molar-refractivity contribution is 7.89. The van der Waals surface area contributed by atoms with Crippen LogP contribution in [0.2, 0.25) is 0 Å². The van der Waals surface area contributed by atoms with E-state index >= 15 is 0 Å². The van der Waals surface area contributed by atoms with Gasteiger partial charge in [0, 0.05) is 7.05 Å². The van der Waals surface area contributed by atoms with Crippen LogP contribution in [0.25, 0.3) is 0 Å². The summed E-state index contributed by atoms with van der Waals surface area (Å²) in [4.78, 5) is 4.01. The van der Waals surface area contributed by atoms with E-state index in [0.29, 0.717) is 11.4 Å². The summed E-state index contributed by atoms with van der Waals surface area (Å²) in [6.45, 7) is 0.0995. The van der Waals surface area contributed by atoms with Crippen molar-refractivity contribution in [1.82, 2.24) is 19.5 Å². The summed E-state index contributed by atoms with van der Waals surface area (Å²) in [6.07, 6.45) is 1.32. The van der Waals surface area contributed by atoms with Crippen molar-refractivity contribution in [2.45, 2.75) is 11.4 Å². The fourth-order valence-electron chi connectivity index (χ4n) is 1.48. The third-order valence-corrected chi connectivity index (χ3v) is 4.35. The summed E-state index contributed by atoms with van der Waals surface area (Å²) in [5.74, 6) is 0.458. The Kier molecular flexibility index (Phi) is 3.59. The summed E-state index contributed by atoms with van der Waals surface area (Å²) in [7, 11) is -2.15. The summed E-state index contributed by atoms with van der Waals surface area (Å²) in [6, 6.07) is 7.69. The molecule has 2 aromatic rings. The molecule has 1 aromatic heterocycles. The Balaban J connectivity index is 2.23. The number of rotatable bonds is 4. The van der Waals surface area contributed by atoms with E-state index in [0.717, 1.165) is 4.31 Å². The SMILES string of the molecule is CN(Cc1ncn[nH]1)S(=O)(=O)c1ccc(C#N)cc1. The van der Waals surface area contributed by atoms with E-state index in [1.165, 1.54) is 37.6 Å². The first-order chi connectivity index (χ1) is 9.04. The van der Waals surface area contributed by atoms with Crippen LogP contribution < -0.4 is 0 Å². The third-order valence-electron chi connectivity index (χ3n) is 2.53. The van der Waals surface area contributed by atoms with Gasteiger partial charge >= 0.3 is 0 Å². The average molecular weight is 277 g/mol. The van der Waals surface area contributed by atoms with Gasteiger partial charge in [-0.1, -0.05) is 0 Å². The molecule has 2 rings (SSSR count). The molecule has 0 spiro atoms. The second-order valence-electron chi connectivity index (χ2n) is 3.83. The standard InChI is InChI=1S/C11H11N5O2S/c1-16(7-11-13-8-14-15-11)19(17,18)10-4-2-9(6-12)3-5-10/h2-5,8H,7H2,1H3,(H,13,14,15). The molecule has 1 heterocycles. The van der Waals surface area contributed by atoms with Crippen molar-refractivity contribution < 1.29 is 8.42 Å². The molecule has 1 N–H and O–H groups in total.